The fraction of sp³-hybridized carbons (Fsp3) is 0.222. The Morgan fingerprint density at radius 2 is 2.00 bits per heavy atom. The van der Waals surface area contributed by atoms with Gasteiger partial charge in [-0.25, -0.2) is 4.79 Å². The number of hydrogen-bond donors (Lipinski definition) is 1. The van der Waals surface area contributed by atoms with Crippen LogP contribution < -0.4 is 5.32 Å². The van der Waals surface area contributed by atoms with E-state index in [2.05, 4.69) is 10.1 Å². The molecule has 1 heterocycles. The van der Waals surface area contributed by atoms with Gasteiger partial charge in [0.1, 0.15) is 0 Å². The second-order valence-corrected chi connectivity index (χ2v) is 4.27. The van der Waals surface area contributed by atoms with Gasteiger partial charge in [-0.3, -0.25) is 5.32 Å². The summed E-state index contributed by atoms with van der Waals surface area (Å²) in [6.45, 7) is 0. The zero-order chi connectivity index (χ0) is 12.8. The summed E-state index contributed by atoms with van der Waals surface area (Å²) in [4.78, 5) is 11.0. The molecule has 3 nitrogen and oxygen atoms in total. The van der Waals surface area contributed by atoms with Crippen molar-refractivity contribution >= 4 is 35.0 Å². The summed E-state index contributed by atoms with van der Waals surface area (Å²) in [5, 5.41) is -1.05. The molecule has 0 saturated heterocycles. The summed E-state index contributed by atoms with van der Waals surface area (Å²) in [7, 11) is 0. The van der Waals surface area contributed by atoms with Crippen molar-refractivity contribution in [3.8, 4) is 0 Å². The SMILES string of the molecule is O=C1Nc2ccc(Cl)cc2[C@](Cl)(C(F)(F)F)O1. The molecule has 0 unspecified atom stereocenters. The Kier molecular flexibility index (Phi) is 2.67. The Morgan fingerprint density at radius 3 is 2.59 bits per heavy atom. The van der Waals surface area contributed by atoms with Gasteiger partial charge >= 0.3 is 17.3 Å². The molecule has 0 spiro atoms. The van der Waals surface area contributed by atoms with Crippen LogP contribution in [0.25, 0.3) is 0 Å². The number of carbonyl (C=O) groups excluding carboxylic acids is 1. The van der Waals surface area contributed by atoms with Crippen LogP contribution in [0.4, 0.5) is 23.7 Å². The lowest BCUT2D eigenvalue weighted by molar-refractivity contribution is -0.227. The van der Waals surface area contributed by atoms with E-state index in [4.69, 9.17) is 23.2 Å². The van der Waals surface area contributed by atoms with Crippen molar-refractivity contribution in [2.24, 2.45) is 0 Å². The van der Waals surface area contributed by atoms with Gasteiger partial charge in [0.25, 0.3) is 0 Å². The lowest BCUT2D eigenvalue weighted by atomic mass is 10.0. The number of alkyl halides is 4. The average Bonchev–Trinajstić information content (AvgIpc) is 2.17. The van der Waals surface area contributed by atoms with E-state index in [0.29, 0.717) is 0 Å². The number of carbonyl (C=O) groups is 1. The second-order valence-electron chi connectivity index (χ2n) is 3.30. The Bertz CT molecular complexity index is 492. The maximum atomic E-state index is 12.8. The van der Waals surface area contributed by atoms with Crippen molar-refractivity contribution in [1.29, 1.82) is 0 Å². The first-order chi connectivity index (χ1) is 7.74. The Hall–Kier alpha value is -1.14. The number of ether oxygens (including phenoxy) is 1. The molecule has 8 heteroatoms. The van der Waals surface area contributed by atoms with Crippen LogP contribution in [0.1, 0.15) is 5.56 Å². The highest BCUT2D eigenvalue weighted by Crippen LogP contribution is 2.50. The fourth-order valence-electron chi connectivity index (χ4n) is 1.42. The van der Waals surface area contributed by atoms with Crippen molar-refractivity contribution in [2.45, 2.75) is 11.2 Å². The van der Waals surface area contributed by atoms with Crippen LogP contribution in [0.5, 0.6) is 0 Å². The molecule has 1 aromatic carbocycles. The number of hydrogen-bond acceptors (Lipinski definition) is 2. The molecule has 17 heavy (non-hydrogen) atoms. The van der Waals surface area contributed by atoms with Crippen molar-refractivity contribution < 1.29 is 22.7 Å². The van der Waals surface area contributed by atoms with E-state index in [1.165, 1.54) is 12.1 Å². The topological polar surface area (TPSA) is 38.3 Å². The van der Waals surface area contributed by atoms with Gasteiger partial charge in [-0.15, -0.1) is 0 Å². The predicted molar refractivity (Wildman–Crippen MR) is 55.1 cm³/mol. The summed E-state index contributed by atoms with van der Waals surface area (Å²) in [6, 6.07) is 3.55. The standard InChI is InChI=1S/C9H4Cl2F3NO2/c10-4-1-2-6-5(3-4)8(11,9(12,13)14)17-7(16)15-6/h1-3H,(H,15,16)/t8-/m1/s1. The molecule has 0 bridgehead atoms. The minimum atomic E-state index is -4.95. The third kappa shape index (κ3) is 1.91. The van der Waals surface area contributed by atoms with Gasteiger partial charge in [-0.1, -0.05) is 23.2 Å². The average molecular weight is 286 g/mol. The smallest absolute Gasteiger partial charge is 0.412 e. The maximum Gasteiger partial charge on any atom is 0.448 e. The van der Waals surface area contributed by atoms with E-state index in [-0.39, 0.29) is 10.7 Å². The van der Waals surface area contributed by atoms with Crippen LogP contribution in [-0.4, -0.2) is 12.3 Å². The maximum absolute atomic E-state index is 12.8. The number of nitrogens with one attached hydrogen (secondary N) is 1. The molecule has 1 amide bonds. The van der Waals surface area contributed by atoms with E-state index in [9.17, 15) is 18.0 Å². The molecule has 1 aliphatic heterocycles. The lowest BCUT2D eigenvalue weighted by Crippen LogP contribution is -2.46. The van der Waals surface area contributed by atoms with Crippen LogP contribution in [0.15, 0.2) is 18.2 Å². The molecule has 0 aliphatic carbocycles. The fourth-order valence-corrected chi connectivity index (χ4v) is 1.82. The van der Waals surface area contributed by atoms with Crippen molar-refractivity contribution in [3.05, 3.63) is 28.8 Å². The van der Waals surface area contributed by atoms with Crippen molar-refractivity contribution in [3.63, 3.8) is 0 Å². The Balaban J connectivity index is 2.65. The first-order valence-electron chi connectivity index (χ1n) is 4.30. The molecule has 0 fully saturated rings. The molecular formula is C9H4Cl2F3NO2. The normalized spacial score (nSPS) is 23.7. The van der Waals surface area contributed by atoms with Gasteiger partial charge in [-0.05, 0) is 18.2 Å². The molecule has 1 aromatic rings. The minimum absolute atomic E-state index is 0.0535. The van der Waals surface area contributed by atoms with Crippen LogP contribution in [0, 0.1) is 0 Å². The molecular weight excluding hydrogens is 282 g/mol. The molecule has 92 valence electrons. The van der Waals surface area contributed by atoms with Crippen LogP contribution in [-0.2, 0) is 9.80 Å². The molecule has 2 rings (SSSR count). The first kappa shape index (κ1) is 12.3. The monoisotopic (exact) mass is 285 g/mol. The van der Waals surface area contributed by atoms with Gasteiger partial charge in [0, 0.05) is 10.6 Å². The molecule has 0 radical (unpaired) electrons. The van der Waals surface area contributed by atoms with E-state index in [1.807, 2.05) is 0 Å². The minimum Gasteiger partial charge on any atom is -0.412 e. The Morgan fingerprint density at radius 1 is 1.35 bits per heavy atom. The van der Waals surface area contributed by atoms with Crippen molar-refractivity contribution in [2.75, 3.05) is 5.32 Å². The highest BCUT2D eigenvalue weighted by molar-refractivity contribution is 6.31. The molecule has 0 aromatic heterocycles. The number of halogens is 5. The van der Waals surface area contributed by atoms with Gasteiger partial charge in [0.05, 0.1) is 5.69 Å². The Labute approximate surface area is 103 Å². The summed E-state index contributed by atoms with van der Waals surface area (Å²) in [6.07, 6.45) is -6.22. The highest BCUT2D eigenvalue weighted by atomic mass is 35.5. The summed E-state index contributed by atoms with van der Waals surface area (Å²) >= 11 is 11.0. The van der Waals surface area contributed by atoms with Gasteiger partial charge < -0.3 is 4.74 Å². The summed E-state index contributed by atoms with van der Waals surface area (Å²) in [5.41, 5.74) is -0.531. The molecule has 1 atom stereocenters. The van der Waals surface area contributed by atoms with Gasteiger partial charge in [0.2, 0.25) is 0 Å². The highest BCUT2D eigenvalue weighted by Gasteiger charge is 2.61. The lowest BCUT2D eigenvalue weighted by Gasteiger charge is -2.34. The summed E-state index contributed by atoms with van der Waals surface area (Å²) in [5.74, 6) is 0. The van der Waals surface area contributed by atoms with Crippen LogP contribution in [0.3, 0.4) is 0 Å². The van der Waals surface area contributed by atoms with Crippen molar-refractivity contribution in [1.82, 2.24) is 0 Å². The number of amides is 1. The first-order valence-corrected chi connectivity index (χ1v) is 5.05. The number of cyclic esters (lactones) is 1. The number of benzene rings is 1. The number of rotatable bonds is 0. The third-order valence-corrected chi connectivity index (χ3v) is 2.89. The largest absolute Gasteiger partial charge is 0.448 e. The van der Waals surface area contributed by atoms with Crippen LogP contribution >= 0.6 is 23.2 Å². The molecule has 0 saturated carbocycles. The van der Waals surface area contributed by atoms with E-state index in [0.717, 1.165) is 6.07 Å². The molecule has 1 N–H and O–H groups in total. The second kappa shape index (κ2) is 3.68. The number of fused-ring (bicyclic) bond motifs is 1. The van der Waals surface area contributed by atoms with Crippen LogP contribution in [0.2, 0.25) is 5.02 Å². The predicted octanol–water partition coefficient (Wildman–Crippen LogP) is 3.86. The van der Waals surface area contributed by atoms with Gasteiger partial charge in [0.15, 0.2) is 0 Å². The zero-order valence-corrected chi connectivity index (χ0v) is 9.45. The van der Waals surface area contributed by atoms with E-state index in [1.54, 1.807) is 0 Å². The summed E-state index contributed by atoms with van der Waals surface area (Å²) < 4.78 is 42.6. The third-order valence-electron chi connectivity index (χ3n) is 2.16. The zero-order valence-electron chi connectivity index (χ0n) is 7.94. The van der Waals surface area contributed by atoms with Gasteiger partial charge in [-0.2, -0.15) is 13.2 Å². The number of anilines is 1. The molecule has 1 aliphatic rings. The van der Waals surface area contributed by atoms with E-state index < -0.39 is 22.9 Å². The van der Waals surface area contributed by atoms with E-state index >= 15 is 0 Å². The quantitative estimate of drug-likeness (QED) is 0.735.